The minimum atomic E-state index is -0.0995. The molecular formula is C25H22N4O2S. The lowest BCUT2D eigenvalue weighted by Gasteiger charge is -2.07. The van der Waals surface area contributed by atoms with Crippen LogP contribution in [0.5, 0.6) is 5.75 Å². The third-order valence-electron chi connectivity index (χ3n) is 5.13. The van der Waals surface area contributed by atoms with Gasteiger partial charge in [0.25, 0.3) is 0 Å². The van der Waals surface area contributed by atoms with E-state index >= 15 is 0 Å². The van der Waals surface area contributed by atoms with Crippen LogP contribution in [-0.2, 0) is 11.2 Å². The summed E-state index contributed by atoms with van der Waals surface area (Å²) in [6, 6.07) is 22.0. The van der Waals surface area contributed by atoms with Crippen LogP contribution >= 0.6 is 11.3 Å². The van der Waals surface area contributed by atoms with Crippen molar-refractivity contribution in [2.24, 2.45) is 0 Å². The number of benzene rings is 3. The smallest absolute Gasteiger partial charge is 0.229 e. The number of carbonyl (C=O) groups excluding carboxylic acids is 1. The summed E-state index contributed by atoms with van der Waals surface area (Å²) in [6.45, 7) is 4.42. The molecule has 0 atom stereocenters. The molecular weight excluding hydrogens is 420 g/mol. The van der Waals surface area contributed by atoms with Crippen molar-refractivity contribution in [1.82, 2.24) is 14.8 Å². The number of aromatic nitrogens is 3. The lowest BCUT2D eigenvalue weighted by molar-refractivity contribution is -0.115. The minimum absolute atomic E-state index is 0.0995. The van der Waals surface area contributed by atoms with Gasteiger partial charge >= 0.3 is 0 Å². The number of carbonyl (C=O) groups is 1. The highest BCUT2D eigenvalue weighted by Crippen LogP contribution is 2.32. The molecule has 0 saturated heterocycles. The van der Waals surface area contributed by atoms with Gasteiger partial charge < -0.3 is 10.1 Å². The number of fused-ring (bicyclic) bond motifs is 2. The van der Waals surface area contributed by atoms with Gasteiger partial charge in [0.1, 0.15) is 17.1 Å². The Morgan fingerprint density at radius 3 is 2.75 bits per heavy atom. The van der Waals surface area contributed by atoms with E-state index in [1.165, 1.54) is 11.3 Å². The molecule has 2 aromatic heterocycles. The number of ether oxygens (including phenoxy) is 1. The average Bonchev–Trinajstić information content (AvgIpc) is 3.37. The topological polar surface area (TPSA) is 69.0 Å². The van der Waals surface area contributed by atoms with Crippen molar-refractivity contribution in [3.63, 3.8) is 0 Å². The molecule has 32 heavy (non-hydrogen) atoms. The van der Waals surface area contributed by atoms with E-state index in [1.807, 2.05) is 62.4 Å². The third kappa shape index (κ3) is 3.94. The molecule has 0 aliphatic carbocycles. The molecule has 0 fully saturated rings. The van der Waals surface area contributed by atoms with Crippen molar-refractivity contribution < 1.29 is 9.53 Å². The van der Waals surface area contributed by atoms with Crippen molar-refractivity contribution >= 4 is 44.1 Å². The van der Waals surface area contributed by atoms with Gasteiger partial charge in [0, 0.05) is 6.07 Å². The Bertz CT molecular complexity index is 1440. The fourth-order valence-corrected chi connectivity index (χ4v) is 4.68. The maximum atomic E-state index is 12.8. The summed E-state index contributed by atoms with van der Waals surface area (Å²) in [5.74, 6) is 1.25. The fourth-order valence-electron chi connectivity index (χ4n) is 3.73. The van der Waals surface area contributed by atoms with Gasteiger partial charge in [-0.3, -0.25) is 4.79 Å². The minimum Gasteiger partial charge on any atom is -0.492 e. The number of para-hydroxylation sites is 1. The van der Waals surface area contributed by atoms with Crippen molar-refractivity contribution in [3.05, 3.63) is 78.0 Å². The van der Waals surface area contributed by atoms with Gasteiger partial charge in [0.15, 0.2) is 0 Å². The van der Waals surface area contributed by atoms with E-state index in [0.717, 1.165) is 38.0 Å². The summed E-state index contributed by atoms with van der Waals surface area (Å²) in [5, 5.41) is 10.5. The van der Waals surface area contributed by atoms with Crippen molar-refractivity contribution in [3.8, 4) is 10.9 Å². The van der Waals surface area contributed by atoms with Crippen LogP contribution in [0.25, 0.3) is 26.1 Å². The first kappa shape index (κ1) is 20.2. The van der Waals surface area contributed by atoms with E-state index < -0.39 is 0 Å². The number of nitrogens with zero attached hydrogens (tertiary/aromatic N) is 3. The van der Waals surface area contributed by atoms with Crippen LogP contribution < -0.4 is 10.1 Å². The van der Waals surface area contributed by atoms with Gasteiger partial charge in [-0.25, -0.2) is 4.98 Å². The van der Waals surface area contributed by atoms with Crippen LogP contribution in [0.1, 0.15) is 18.2 Å². The molecule has 0 spiro atoms. The zero-order chi connectivity index (χ0) is 22.1. The Balaban J connectivity index is 1.41. The molecule has 2 heterocycles. The summed E-state index contributed by atoms with van der Waals surface area (Å²) in [6.07, 6.45) is 0.281. The maximum Gasteiger partial charge on any atom is 0.229 e. The number of amides is 1. The molecule has 160 valence electrons. The largest absolute Gasteiger partial charge is 0.492 e. The molecule has 0 radical (unpaired) electrons. The molecule has 5 aromatic rings. The highest BCUT2D eigenvalue weighted by atomic mass is 32.1. The van der Waals surface area contributed by atoms with Crippen molar-refractivity contribution in [1.29, 1.82) is 0 Å². The number of anilines is 1. The first-order valence-electron chi connectivity index (χ1n) is 10.5. The summed E-state index contributed by atoms with van der Waals surface area (Å²) < 4.78 is 8.41. The molecule has 0 saturated carbocycles. The van der Waals surface area contributed by atoms with Crippen molar-refractivity contribution in [2.75, 3.05) is 11.9 Å². The lowest BCUT2D eigenvalue weighted by atomic mass is 10.1. The van der Waals surface area contributed by atoms with Gasteiger partial charge in [-0.1, -0.05) is 59.9 Å². The van der Waals surface area contributed by atoms with Crippen LogP contribution in [0.2, 0.25) is 0 Å². The maximum absolute atomic E-state index is 12.8. The third-order valence-corrected chi connectivity index (χ3v) is 6.13. The fraction of sp³-hybridized carbons (Fsp3) is 0.160. The van der Waals surface area contributed by atoms with Crippen molar-refractivity contribution in [2.45, 2.75) is 20.3 Å². The first-order valence-corrected chi connectivity index (χ1v) is 11.3. The Hall–Kier alpha value is -3.71. The van der Waals surface area contributed by atoms with Crippen LogP contribution in [0.3, 0.4) is 0 Å². The van der Waals surface area contributed by atoms with E-state index in [9.17, 15) is 4.79 Å². The standard InChI is InChI=1S/C25H22N4O2S/c1-3-31-20-9-6-10-21-24(20)27-25(32-21)29-22(13-16(2)28-29)26-23(30)15-17-11-12-18-7-4-5-8-19(18)14-17/h4-14H,3,15H2,1-2H3,(H,26,30). The second-order valence-corrected chi connectivity index (χ2v) is 8.53. The van der Waals surface area contributed by atoms with E-state index in [2.05, 4.69) is 28.6 Å². The van der Waals surface area contributed by atoms with Crippen LogP contribution in [0.4, 0.5) is 5.82 Å². The molecule has 5 rings (SSSR count). The predicted molar refractivity (Wildman–Crippen MR) is 129 cm³/mol. The molecule has 6 nitrogen and oxygen atoms in total. The summed E-state index contributed by atoms with van der Waals surface area (Å²) in [5.41, 5.74) is 2.57. The second kappa shape index (κ2) is 8.43. The van der Waals surface area contributed by atoms with E-state index in [-0.39, 0.29) is 12.3 Å². The number of nitrogens with one attached hydrogen (secondary N) is 1. The van der Waals surface area contributed by atoms with Gasteiger partial charge in [-0.2, -0.15) is 9.78 Å². The number of aryl methyl sites for hydroxylation is 1. The van der Waals surface area contributed by atoms with E-state index in [0.29, 0.717) is 17.6 Å². The zero-order valence-corrected chi connectivity index (χ0v) is 18.6. The van der Waals surface area contributed by atoms with Gasteiger partial charge in [-0.15, -0.1) is 0 Å². The summed E-state index contributed by atoms with van der Waals surface area (Å²) >= 11 is 1.51. The van der Waals surface area contributed by atoms with Gasteiger partial charge in [0.2, 0.25) is 11.0 Å². The second-order valence-electron chi connectivity index (χ2n) is 7.52. The summed E-state index contributed by atoms with van der Waals surface area (Å²) in [4.78, 5) is 17.6. The Kier molecular flexibility index (Phi) is 5.33. The van der Waals surface area contributed by atoms with E-state index in [4.69, 9.17) is 9.72 Å². The zero-order valence-electron chi connectivity index (χ0n) is 17.8. The van der Waals surface area contributed by atoms with Crippen LogP contribution in [0, 0.1) is 6.92 Å². The quantitative estimate of drug-likeness (QED) is 0.376. The first-order chi connectivity index (χ1) is 15.6. The molecule has 0 aliphatic heterocycles. The number of rotatable bonds is 6. The molecule has 0 bridgehead atoms. The van der Waals surface area contributed by atoms with Crippen LogP contribution in [-0.4, -0.2) is 27.3 Å². The van der Waals surface area contributed by atoms with Crippen LogP contribution in [0.15, 0.2) is 66.7 Å². The predicted octanol–water partition coefficient (Wildman–Crippen LogP) is 5.52. The number of thiazole rings is 1. The molecule has 1 N–H and O–H groups in total. The number of hydrogen-bond acceptors (Lipinski definition) is 5. The SMILES string of the molecule is CCOc1cccc2sc(-n3nc(C)cc3NC(=O)Cc3ccc4ccccc4c3)nc12. The average molecular weight is 443 g/mol. The van der Waals surface area contributed by atoms with Gasteiger partial charge in [0.05, 0.1) is 23.4 Å². The monoisotopic (exact) mass is 442 g/mol. The molecule has 0 aliphatic rings. The number of hydrogen-bond donors (Lipinski definition) is 1. The Labute approximate surface area is 189 Å². The summed E-state index contributed by atoms with van der Waals surface area (Å²) in [7, 11) is 0. The Morgan fingerprint density at radius 1 is 1.06 bits per heavy atom. The Morgan fingerprint density at radius 2 is 1.91 bits per heavy atom. The molecule has 3 aromatic carbocycles. The van der Waals surface area contributed by atoms with E-state index in [1.54, 1.807) is 4.68 Å². The molecule has 0 unspecified atom stereocenters. The highest BCUT2D eigenvalue weighted by Gasteiger charge is 2.16. The molecule has 1 amide bonds. The van der Waals surface area contributed by atoms with Gasteiger partial charge in [-0.05, 0) is 42.3 Å². The highest BCUT2D eigenvalue weighted by molar-refractivity contribution is 7.20. The molecule has 7 heteroatoms. The lowest BCUT2D eigenvalue weighted by Crippen LogP contribution is -2.17. The normalized spacial score (nSPS) is 11.2.